The quantitative estimate of drug-likeness (QED) is 0.880. The van der Waals surface area contributed by atoms with Gasteiger partial charge in [0.1, 0.15) is 5.75 Å². The lowest BCUT2D eigenvalue weighted by Crippen LogP contribution is -2.29. The van der Waals surface area contributed by atoms with Gasteiger partial charge in [-0.3, -0.25) is 0 Å². The van der Waals surface area contributed by atoms with Crippen molar-refractivity contribution in [1.29, 1.82) is 0 Å². The van der Waals surface area contributed by atoms with Gasteiger partial charge in [-0.05, 0) is 69.2 Å². The van der Waals surface area contributed by atoms with E-state index in [2.05, 4.69) is 29.6 Å². The smallest absolute Gasteiger partial charge is 0.122 e. The summed E-state index contributed by atoms with van der Waals surface area (Å²) in [7, 11) is 0. The van der Waals surface area contributed by atoms with Gasteiger partial charge >= 0.3 is 0 Å². The van der Waals surface area contributed by atoms with E-state index < -0.39 is 0 Å². The largest absolute Gasteiger partial charge is 0.490 e. The van der Waals surface area contributed by atoms with Crippen LogP contribution in [0.5, 0.6) is 5.75 Å². The third-order valence-electron chi connectivity index (χ3n) is 4.29. The summed E-state index contributed by atoms with van der Waals surface area (Å²) in [5, 5.41) is 3.43. The monoisotopic (exact) mass is 245 g/mol. The molecule has 0 atom stereocenters. The van der Waals surface area contributed by atoms with Gasteiger partial charge in [-0.2, -0.15) is 0 Å². The van der Waals surface area contributed by atoms with Gasteiger partial charge in [0.25, 0.3) is 0 Å². The van der Waals surface area contributed by atoms with Crippen LogP contribution in [-0.2, 0) is 6.42 Å². The maximum atomic E-state index is 6.11. The van der Waals surface area contributed by atoms with E-state index in [4.69, 9.17) is 4.74 Å². The fraction of sp³-hybridized carbons (Fsp3) is 0.625. The molecule has 1 aliphatic carbocycles. The van der Waals surface area contributed by atoms with Gasteiger partial charge in [-0.25, -0.2) is 0 Å². The van der Waals surface area contributed by atoms with Crippen LogP contribution >= 0.6 is 0 Å². The van der Waals surface area contributed by atoms with Crippen molar-refractivity contribution < 1.29 is 4.74 Å². The summed E-state index contributed by atoms with van der Waals surface area (Å²) in [6.07, 6.45) is 8.09. The highest BCUT2D eigenvalue weighted by molar-refractivity contribution is 5.34. The number of hydrogen-bond acceptors (Lipinski definition) is 2. The van der Waals surface area contributed by atoms with Crippen LogP contribution in [0.3, 0.4) is 0 Å². The molecule has 2 heteroatoms. The van der Waals surface area contributed by atoms with Gasteiger partial charge in [0.15, 0.2) is 0 Å². The molecule has 1 aromatic carbocycles. The molecular formula is C16H23NO. The molecule has 1 N–H and O–H groups in total. The van der Waals surface area contributed by atoms with E-state index in [1.807, 2.05) is 0 Å². The summed E-state index contributed by atoms with van der Waals surface area (Å²) in [5.74, 6) is 1.97. The lowest BCUT2D eigenvalue weighted by Gasteiger charge is -2.28. The molecular weight excluding hydrogens is 222 g/mol. The van der Waals surface area contributed by atoms with Crippen LogP contribution < -0.4 is 10.1 Å². The minimum atomic E-state index is 0.485. The Hall–Kier alpha value is -1.02. The molecule has 1 aliphatic heterocycles. The fourth-order valence-corrected chi connectivity index (χ4v) is 2.85. The highest BCUT2D eigenvalue weighted by Crippen LogP contribution is 2.30. The van der Waals surface area contributed by atoms with Crippen molar-refractivity contribution in [3.8, 4) is 5.75 Å². The van der Waals surface area contributed by atoms with Crippen LogP contribution in [0.1, 0.15) is 37.7 Å². The Balaban J connectivity index is 1.65. The van der Waals surface area contributed by atoms with E-state index >= 15 is 0 Å². The summed E-state index contributed by atoms with van der Waals surface area (Å²) in [6, 6.07) is 8.63. The highest BCUT2D eigenvalue weighted by atomic mass is 16.5. The topological polar surface area (TPSA) is 21.3 Å². The van der Waals surface area contributed by atoms with Gasteiger partial charge in [0.05, 0.1) is 6.10 Å². The molecule has 0 aromatic heterocycles. The molecule has 1 saturated carbocycles. The number of benzene rings is 1. The number of rotatable bonds is 4. The first-order valence-corrected chi connectivity index (χ1v) is 7.37. The molecule has 1 saturated heterocycles. The van der Waals surface area contributed by atoms with Crippen LogP contribution in [0.4, 0.5) is 0 Å². The van der Waals surface area contributed by atoms with E-state index in [1.165, 1.54) is 57.2 Å². The van der Waals surface area contributed by atoms with Crippen molar-refractivity contribution in [2.24, 2.45) is 5.92 Å². The summed E-state index contributed by atoms with van der Waals surface area (Å²) in [4.78, 5) is 0. The second-order valence-corrected chi connectivity index (χ2v) is 5.68. The molecule has 2 nitrogen and oxygen atoms in total. The maximum absolute atomic E-state index is 6.11. The zero-order valence-corrected chi connectivity index (χ0v) is 11.0. The van der Waals surface area contributed by atoms with Gasteiger partial charge < -0.3 is 10.1 Å². The van der Waals surface area contributed by atoms with Crippen LogP contribution in [0.2, 0.25) is 0 Å². The predicted molar refractivity (Wildman–Crippen MR) is 74.0 cm³/mol. The predicted octanol–water partition coefficient (Wildman–Crippen LogP) is 3.16. The Labute approximate surface area is 110 Å². The molecule has 18 heavy (non-hydrogen) atoms. The van der Waals surface area contributed by atoms with Gasteiger partial charge in [-0.15, -0.1) is 0 Å². The number of para-hydroxylation sites is 1. The third-order valence-corrected chi connectivity index (χ3v) is 4.29. The lowest BCUT2D eigenvalue weighted by atomic mass is 9.90. The minimum absolute atomic E-state index is 0.485. The molecule has 1 heterocycles. The van der Waals surface area contributed by atoms with Gasteiger partial charge in [-0.1, -0.05) is 18.2 Å². The summed E-state index contributed by atoms with van der Waals surface area (Å²) >= 11 is 0. The third kappa shape index (κ3) is 2.86. The fourth-order valence-electron chi connectivity index (χ4n) is 2.85. The number of hydrogen-bond donors (Lipinski definition) is 1. The molecule has 0 unspecified atom stereocenters. The lowest BCUT2D eigenvalue weighted by molar-refractivity contribution is 0.118. The Morgan fingerprint density at radius 3 is 2.56 bits per heavy atom. The molecule has 0 spiro atoms. The number of ether oxygens (including phenoxy) is 1. The van der Waals surface area contributed by atoms with Crippen molar-refractivity contribution in [3.63, 3.8) is 0 Å². The SMILES string of the molecule is c1ccc(OC2CCC2)c(CC2CCNCC2)c1. The number of piperidine rings is 1. The molecule has 2 aliphatic rings. The van der Waals surface area contributed by atoms with Crippen molar-refractivity contribution in [3.05, 3.63) is 29.8 Å². The first-order valence-electron chi connectivity index (χ1n) is 7.37. The van der Waals surface area contributed by atoms with E-state index in [0.717, 1.165) is 11.7 Å². The Kier molecular flexibility index (Phi) is 3.84. The van der Waals surface area contributed by atoms with E-state index in [0.29, 0.717) is 6.10 Å². The number of nitrogens with one attached hydrogen (secondary N) is 1. The highest BCUT2D eigenvalue weighted by Gasteiger charge is 2.21. The van der Waals surface area contributed by atoms with Crippen LogP contribution in [-0.4, -0.2) is 19.2 Å². The van der Waals surface area contributed by atoms with Gasteiger partial charge in [0.2, 0.25) is 0 Å². The maximum Gasteiger partial charge on any atom is 0.122 e. The molecule has 2 fully saturated rings. The first-order chi connectivity index (χ1) is 8.92. The van der Waals surface area contributed by atoms with E-state index in [1.54, 1.807) is 0 Å². The van der Waals surface area contributed by atoms with Crippen LogP contribution in [0.25, 0.3) is 0 Å². The second kappa shape index (κ2) is 5.75. The minimum Gasteiger partial charge on any atom is -0.490 e. The zero-order chi connectivity index (χ0) is 12.2. The first kappa shape index (κ1) is 12.0. The Morgan fingerprint density at radius 1 is 1.06 bits per heavy atom. The Bertz CT molecular complexity index is 380. The summed E-state index contributed by atoms with van der Waals surface area (Å²) in [5.41, 5.74) is 1.41. The molecule has 0 radical (unpaired) electrons. The van der Waals surface area contributed by atoms with E-state index in [9.17, 15) is 0 Å². The van der Waals surface area contributed by atoms with Gasteiger partial charge in [0, 0.05) is 0 Å². The molecule has 98 valence electrons. The molecule has 0 amide bonds. The Morgan fingerprint density at radius 2 is 1.83 bits per heavy atom. The van der Waals surface area contributed by atoms with Crippen molar-refractivity contribution >= 4 is 0 Å². The zero-order valence-electron chi connectivity index (χ0n) is 11.0. The molecule has 0 bridgehead atoms. The molecule has 1 aromatic rings. The normalized spacial score (nSPS) is 21.6. The van der Waals surface area contributed by atoms with Crippen molar-refractivity contribution in [2.75, 3.05) is 13.1 Å². The standard InChI is InChI=1S/C16H23NO/c1-2-7-16(18-15-5-3-6-15)14(4-1)12-13-8-10-17-11-9-13/h1-2,4,7,13,15,17H,3,5-6,8-12H2. The van der Waals surface area contributed by atoms with Crippen LogP contribution in [0.15, 0.2) is 24.3 Å². The average Bonchev–Trinajstić information content (AvgIpc) is 2.37. The summed E-state index contributed by atoms with van der Waals surface area (Å²) < 4.78 is 6.11. The second-order valence-electron chi connectivity index (χ2n) is 5.68. The average molecular weight is 245 g/mol. The summed E-state index contributed by atoms with van der Waals surface area (Å²) in [6.45, 7) is 2.35. The van der Waals surface area contributed by atoms with Crippen LogP contribution in [0, 0.1) is 5.92 Å². The van der Waals surface area contributed by atoms with Crippen molar-refractivity contribution in [1.82, 2.24) is 5.32 Å². The molecule has 3 rings (SSSR count). The van der Waals surface area contributed by atoms with Crippen molar-refractivity contribution in [2.45, 2.75) is 44.6 Å². The van der Waals surface area contributed by atoms with E-state index in [-0.39, 0.29) is 0 Å².